The third-order valence-corrected chi connectivity index (χ3v) is 2.27. The summed E-state index contributed by atoms with van der Waals surface area (Å²) < 4.78 is 0. The van der Waals surface area contributed by atoms with Crippen LogP contribution < -0.4 is 0 Å². The fourth-order valence-electron chi connectivity index (χ4n) is 0.804. The molecule has 2 heteroatoms. The lowest BCUT2D eigenvalue weighted by molar-refractivity contribution is 1.23. The van der Waals surface area contributed by atoms with E-state index >= 15 is 0 Å². The second-order valence-electron chi connectivity index (χ2n) is 2.14. The maximum atomic E-state index is 4.31. The van der Waals surface area contributed by atoms with Crippen LogP contribution >= 0.6 is 25.3 Å². The van der Waals surface area contributed by atoms with Crippen LogP contribution in [0.25, 0.3) is 0 Å². The molecule has 0 aliphatic heterocycles. The molecule has 0 unspecified atom stereocenters. The van der Waals surface area contributed by atoms with Gasteiger partial charge in [-0.25, -0.2) is 0 Å². The molecule has 0 fully saturated rings. The standard InChI is InChI=1S/C8H10S2/c9-6-7-4-2-1-3-5-8(7)10/h1-3,5,9-10H,4,6H2. The van der Waals surface area contributed by atoms with Gasteiger partial charge in [0.05, 0.1) is 0 Å². The molecular weight excluding hydrogens is 160 g/mol. The molecule has 0 N–H and O–H groups in total. The highest BCUT2D eigenvalue weighted by Gasteiger charge is 1.97. The van der Waals surface area contributed by atoms with E-state index in [1.807, 2.05) is 18.2 Å². The molecule has 1 aliphatic rings. The summed E-state index contributed by atoms with van der Waals surface area (Å²) in [5, 5.41) is 0. The average Bonchev–Trinajstić information content (AvgIpc) is 2.13. The van der Waals surface area contributed by atoms with Gasteiger partial charge in [0.1, 0.15) is 0 Å². The summed E-state index contributed by atoms with van der Waals surface area (Å²) in [6, 6.07) is 0. The molecule has 0 nitrogen and oxygen atoms in total. The van der Waals surface area contributed by atoms with E-state index < -0.39 is 0 Å². The molecule has 0 saturated carbocycles. The monoisotopic (exact) mass is 170 g/mol. The van der Waals surface area contributed by atoms with Gasteiger partial charge in [0, 0.05) is 10.7 Å². The van der Waals surface area contributed by atoms with Crippen molar-refractivity contribution in [2.45, 2.75) is 6.42 Å². The summed E-state index contributed by atoms with van der Waals surface area (Å²) in [5.41, 5.74) is 1.29. The third-order valence-electron chi connectivity index (χ3n) is 1.42. The second kappa shape index (κ2) is 3.94. The van der Waals surface area contributed by atoms with Crippen LogP contribution in [0.2, 0.25) is 0 Å². The first-order chi connectivity index (χ1) is 4.84. The SMILES string of the molecule is SCC1=C(S)C=CC=CC1. The van der Waals surface area contributed by atoms with Crippen molar-refractivity contribution in [3.63, 3.8) is 0 Å². The molecule has 0 aromatic heterocycles. The number of allylic oxidation sites excluding steroid dienone is 4. The fraction of sp³-hybridized carbons (Fsp3) is 0.250. The van der Waals surface area contributed by atoms with E-state index in [0.717, 1.165) is 17.1 Å². The molecule has 0 atom stereocenters. The van der Waals surface area contributed by atoms with Gasteiger partial charge in [-0.3, -0.25) is 0 Å². The van der Waals surface area contributed by atoms with Crippen LogP contribution in [0.4, 0.5) is 0 Å². The number of rotatable bonds is 1. The highest BCUT2D eigenvalue weighted by Crippen LogP contribution is 2.18. The van der Waals surface area contributed by atoms with Crippen molar-refractivity contribution >= 4 is 25.3 Å². The minimum atomic E-state index is 0.799. The maximum absolute atomic E-state index is 4.31. The Balaban J connectivity index is 2.82. The Morgan fingerprint density at radius 1 is 1.40 bits per heavy atom. The lowest BCUT2D eigenvalue weighted by atomic mass is 10.2. The van der Waals surface area contributed by atoms with Gasteiger partial charge in [0.15, 0.2) is 0 Å². The van der Waals surface area contributed by atoms with E-state index in [1.54, 1.807) is 0 Å². The Morgan fingerprint density at radius 2 is 2.20 bits per heavy atom. The predicted octanol–water partition coefficient (Wildman–Crippen LogP) is 2.62. The van der Waals surface area contributed by atoms with Gasteiger partial charge in [-0.1, -0.05) is 18.2 Å². The Morgan fingerprint density at radius 3 is 2.90 bits per heavy atom. The van der Waals surface area contributed by atoms with Gasteiger partial charge < -0.3 is 0 Å². The van der Waals surface area contributed by atoms with Crippen molar-refractivity contribution in [3.8, 4) is 0 Å². The topological polar surface area (TPSA) is 0 Å². The van der Waals surface area contributed by atoms with Gasteiger partial charge in [-0.15, -0.1) is 12.6 Å². The average molecular weight is 170 g/mol. The van der Waals surface area contributed by atoms with Crippen LogP contribution in [0.3, 0.4) is 0 Å². The van der Waals surface area contributed by atoms with Crippen LogP contribution in [0.15, 0.2) is 34.8 Å². The van der Waals surface area contributed by atoms with E-state index in [-0.39, 0.29) is 0 Å². The number of thiol groups is 2. The van der Waals surface area contributed by atoms with Crippen molar-refractivity contribution < 1.29 is 0 Å². The van der Waals surface area contributed by atoms with Crippen LogP contribution in [-0.4, -0.2) is 5.75 Å². The molecule has 0 heterocycles. The van der Waals surface area contributed by atoms with Crippen molar-refractivity contribution in [1.82, 2.24) is 0 Å². The highest BCUT2D eigenvalue weighted by atomic mass is 32.1. The molecule has 0 saturated heterocycles. The van der Waals surface area contributed by atoms with Crippen molar-refractivity contribution in [2.75, 3.05) is 5.75 Å². The summed E-state index contributed by atoms with van der Waals surface area (Å²) in [6.07, 6.45) is 9.13. The molecule has 0 bridgehead atoms. The molecule has 0 aromatic carbocycles. The lowest BCUT2D eigenvalue weighted by Crippen LogP contribution is -1.84. The number of hydrogen-bond donors (Lipinski definition) is 2. The summed E-state index contributed by atoms with van der Waals surface area (Å²) in [4.78, 5) is 1.06. The summed E-state index contributed by atoms with van der Waals surface area (Å²) in [6.45, 7) is 0. The first kappa shape index (κ1) is 8.02. The van der Waals surface area contributed by atoms with Crippen molar-refractivity contribution in [1.29, 1.82) is 0 Å². The maximum Gasteiger partial charge on any atom is 0.0130 e. The van der Waals surface area contributed by atoms with Crippen molar-refractivity contribution in [3.05, 3.63) is 34.8 Å². The van der Waals surface area contributed by atoms with Crippen LogP contribution in [0.5, 0.6) is 0 Å². The molecule has 0 aromatic rings. The molecule has 10 heavy (non-hydrogen) atoms. The van der Waals surface area contributed by atoms with E-state index in [9.17, 15) is 0 Å². The van der Waals surface area contributed by atoms with Gasteiger partial charge in [-0.05, 0) is 18.1 Å². The molecule has 0 spiro atoms. The summed E-state index contributed by atoms with van der Waals surface area (Å²) >= 11 is 8.51. The van der Waals surface area contributed by atoms with E-state index in [4.69, 9.17) is 0 Å². The molecular formula is C8H10S2. The molecule has 54 valence electrons. The van der Waals surface area contributed by atoms with E-state index in [0.29, 0.717) is 0 Å². The van der Waals surface area contributed by atoms with E-state index in [1.165, 1.54) is 5.57 Å². The molecule has 0 amide bonds. The van der Waals surface area contributed by atoms with Crippen LogP contribution in [0, 0.1) is 0 Å². The van der Waals surface area contributed by atoms with Crippen molar-refractivity contribution in [2.24, 2.45) is 0 Å². The minimum absolute atomic E-state index is 0.799. The zero-order chi connectivity index (χ0) is 7.40. The highest BCUT2D eigenvalue weighted by molar-refractivity contribution is 7.85. The van der Waals surface area contributed by atoms with Crippen LogP contribution in [-0.2, 0) is 0 Å². The second-order valence-corrected chi connectivity index (χ2v) is 2.94. The zero-order valence-electron chi connectivity index (χ0n) is 5.62. The molecule has 0 radical (unpaired) electrons. The smallest absolute Gasteiger partial charge is 0.0130 e. The van der Waals surface area contributed by atoms with Gasteiger partial charge in [0.2, 0.25) is 0 Å². The normalized spacial score (nSPS) is 17.8. The summed E-state index contributed by atoms with van der Waals surface area (Å²) in [7, 11) is 0. The first-order valence-corrected chi connectivity index (χ1v) is 4.27. The van der Waals surface area contributed by atoms with Crippen LogP contribution in [0.1, 0.15) is 6.42 Å². The molecule has 1 rings (SSSR count). The number of hydrogen-bond acceptors (Lipinski definition) is 2. The van der Waals surface area contributed by atoms with Gasteiger partial charge in [-0.2, -0.15) is 12.6 Å². The van der Waals surface area contributed by atoms with Gasteiger partial charge >= 0.3 is 0 Å². The Labute approximate surface area is 72.5 Å². The quantitative estimate of drug-likeness (QED) is 0.555. The Hall–Kier alpha value is -0.0800. The minimum Gasteiger partial charge on any atom is -0.175 e. The first-order valence-electron chi connectivity index (χ1n) is 3.19. The largest absolute Gasteiger partial charge is 0.175 e. The Kier molecular flexibility index (Phi) is 3.16. The lowest BCUT2D eigenvalue weighted by Gasteiger charge is -1.99. The predicted molar refractivity (Wildman–Crippen MR) is 52.8 cm³/mol. The third kappa shape index (κ3) is 1.96. The zero-order valence-corrected chi connectivity index (χ0v) is 7.41. The fourth-order valence-corrected chi connectivity index (χ4v) is 1.48. The summed E-state index contributed by atoms with van der Waals surface area (Å²) in [5.74, 6) is 0.799. The van der Waals surface area contributed by atoms with E-state index in [2.05, 4.69) is 31.3 Å². The van der Waals surface area contributed by atoms with Gasteiger partial charge in [0.25, 0.3) is 0 Å². The molecule has 1 aliphatic carbocycles. The Bertz CT molecular complexity index is 199.